The first-order valence-corrected chi connectivity index (χ1v) is 12.8. The number of hydrogen-bond acceptors (Lipinski definition) is 2. The summed E-state index contributed by atoms with van der Waals surface area (Å²) in [7, 11) is 0. The Labute approximate surface area is 216 Å². The Bertz CT molecular complexity index is 963. The van der Waals surface area contributed by atoms with Crippen molar-refractivity contribution < 1.29 is 26.3 Å². The van der Waals surface area contributed by atoms with Crippen LogP contribution >= 0.6 is 0 Å². The molecule has 2 nitrogen and oxygen atoms in total. The fourth-order valence-corrected chi connectivity index (χ4v) is 5.21. The molecule has 0 radical (unpaired) electrons. The van der Waals surface area contributed by atoms with Crippen LogP contribution in [0.2, 0.25) is 0 Å². The molecule has 4 atom stereocenters. The van der Waals surface area contributed by atoms with E-state index in [1.54, 1.807) is 30.3 Å². The number of benzene rings is 2. The van der Waals surface area contributed by atoms with E-state index in [0.29, 0.717) is 11.6 Å². The predicted molar refractivity (Wildman–Crippen MR) is 134 cm³/mol. The summed E-state index contributed by atoms with van der Waals surface area (Å²) in [6, 6.07) is 19.2. The van der Waals surface area contributed by atoms with Gasteiger partial charge in [0.15, 0.2) is 0 Å². The van der Waals surface area contributed by atoms with E-state index in [1.807, 2.05) is 18.2 Å². The first-order chi connectivity index (χ1) is 17.5. The van der Waals surface area contributed by atoms with Gasteiger partial charge in [-0.05, 0) is 61.3 Å². The molecule has 8 heteroatoms. The number of rotatable bonds is 10. The topological polar surface area (TPSA) is 27.0 Å². The Hall–Kier alpha value is -2.53. The van der Waals surface area contributed by atoms with Gasteiger partial charge in [0.25, 0.3) is 0 Å². The van der Waals surface area contributed by atoms with E-state index in [2.05, 4.69) is 30.9 Å². The van der Waals surface area contributed by atoms with E-state index in [9.17, 15) is 26.3 Å². The van der Waals surface area contributed by atoms with Crippen molar-refractivity contribution in [3.63, 3.8) is 0 Å². The van der Waals surface area contributed by atoms with Crippen LogP contribution in [0.5, 0.6) is 0 Å². The first-order valence-electron chi connectivity index (χ1n) is 12.8. The molecule has 0 heterocycles. The molecule has 1 aliphatic rings. The van der Waals surface area contributed by atoms with Crippen molar-refractivity contribution in [1.82, 2.24) is 4.90 Å². The summed E-state index contributed by atoms with van der Waals surface area (Å²) in [4.78, 5) is 2.46. The maximum absolute atomic E-state index is 13.3. The van der Waals surface area contributed by atoms with Gasteiger partial charge in [0, 0.05) is 19.5 Å². The minimum absolute atomic E-state index is 0.344. The van der Waals surface area contributed by atoms with Crippen molar-refractivity contribution in [1.29, 1.82) is 5.26 Å². The zero-order valence-electron chi connectivity index (χ0n) is 21.6. The Morgan fingerprint density at radius 1 is 0.892 bits per heavy atom. The second kappa shape index (κ2) is 13.9. The quantitative estimate of drug-likeness (QED) is 0.291. The summed E-state index contributed by atoms with van der Waals surface area (Å²) in [5.41, 5.74) is 2.64. The van der Waals surface area contributed by atoms with E-state index in [-0.39, 0.29) is 0 Å². The number of nitrogens with zero attached hydrogens (tertiary/aromatic N) is 2. The highest BCUT2D eigenvalue weighted by Gasteiger charge is 2.64. The van der Waals surface area contributed by atoms with Crippen LogP contribution in [0.1, 0.15) is 62.6 Å². The zero-order chi connectivity index (χ0) is 27.6. The van der Waals surface area contributed by atoms with Gasteiger partial charge in [-0.3, -0.25) is 0 Å². The van der Waals surface area contributed by atoms with Crippen molar-refractivity contribution in [3.05, 3.63) is 71.3 Å². The summed E-state index contributed by atoms with van der Waals surface area (Å²) in [6.45, 7) is 7.63. The lowest BCUT2D eigenvalue weighted by molar-refractivity contribution is -0.292. The lowest BCUT2D eigenvalue weighted by Gasteiger charge is -2.46. The van der Waals surface area contributed by atoms with Gasteiger partial charge in [-0.15, -0.1) is 0 Å². The van der Waals surface area contributed by atoms with Crippen molar-refractivity contribution in [3.8, 4) is 6.07 Å². The second-order valence-corrected chi connectivity index (χ2v) is 9.49. The van der Waals surface area contributed by atoms with Crippen molar-refractivity contribution >= 4 is 0 Å². The lowest BCUT2D eigenvalue weighted by atomic mass is 9.61. The molecule has 4 unspecified atom stereocenters. The van der Waals surface area contributed by atoms with Crippen LogP contribution < -0.4 is 0 Å². The molecule has 2 aromatic carbocycles. The average molecular weight is 527 g/mol. The van der Waals surface area contributed by atoms with Gasteiger partial charge in [0.1, 0.15) is 0 Å². The summed E-state index contributed by atoms with van der Waals surface area (Å²) >= 11 is 0. The molecule has 0 saturated heterocycles. The van der Waals surface area contributed by atoms with Crippen LogP contribution in [0.15, 0.2) is 54.6 Å². The van der Waals surface area contributed by atoms with Gasteiger partial charge >= 0.3 is 12.4 Å². The summed E-state index contributed by atoms with van der Waals surface area (Å²) in [6.07, 6.45) is -6.52. The lowest BCUT2D eigenvalue weighted by Crippen LogP contribution is -2.51. The highest BCUT2D eigenvalue weighted by atomic mass is 19.4. The highest BCUT2D eigenvalue weighted by molar-refractivity contribution is 5.29. The molecule has 0 aliphatic heterocycles. The molecule has 2 aromatic rings. The fourth-order valence-electron chi connectivity index (χ4n) is 5.21. The van der Waals surface area contributed by atoms with Gasteiger partial charge in [-0.25, -0.2) is 0 Å². The van der Waals surface area contributed by atoms with Crippen LogP contribution in [0.3, 0.4) is 0 Å². The van der Waals surface area contributed by atoms with Gasteiger partial charge in [-0.2, -0.15) is 31.6 Å². The van der Waals surface area contributed by atoms with Gasteiger partial charge in [-0.1, -0.05) is 68.4 Å². The fraction of sp³-hybridized carbons (Fsp3) is 0.552. The molecule has 0 bridgehead atoms. The Kier molecular flexibility index (Phi) is 11.5. The molecule has 0 amide bonds. The minimum Gasteiger partial charge on any atom is -0.300 e. The molecule has 204 valence electrons. The number of aryl methyl sites for hydroxylation is 1. The van der Waals surface area contributed by atoms with E-state index in [1.165, 1.54) is 12.5 Å². The monoisotopic (exact) mass is 526 g/mol. The van der Waals surface area contributed by atoms with E-state index < -0.39 is 36.5 Å². The summed E-state index contributed by atoms with van der Waals surface area (Å²) in [5, 5.41) is 7.32. The molecule has 1 fully saturated rings. The maximum Gasteiger partial charge on any atom is 0.393 e. The Balaban J connectivity index is 0.00000153. The molecule has 3 rings (SSSR count). The van der Waals surface area contributed by atoms with E-state index in [4.69, 9.17) is 5.26 Å². The third-order valence-corrected chi connectivity index (χ3v) is 7.27. The zero-order valence-corrected chi connectivity index (χ0v) is 21.6. The maximum atomic E-state index is 13.3. The third kappa shape index (κ3) is 8.77. The number of nitriles is 1. The molecule has 0 aromatic heterocycles. The smallest absolute Gasteiger partial charge is 0.300 e. The van der Waals surface area contributed by atoms with Crippen LogP contribution in [-0.2, 0) is 12.8 Å². The van der Waals surface area contributed by atoms with Crippen LogP contribution in [0, 0.1) is 23.2 Å². The van der Waals surface area contributed by atoms with E-state index in [0.717, 1.165) is 44.3 Å². The van der Waals surface area contributed by atoms with Crippen molar-refractivity contribution in [2.24, 2.45) is 11.8 Å². The number of alkyl halides is 6. The number of hydrogen-bond donors (Lipinski definition) is 0. The van der Waals surface area contributed by atoms with Gasteiger partial charge < -0.3 is 4.90 Å². The largest absolute Gasteiger partial charge is 0.393 e. The van der Waals surface area contributed by atoms with Crippen LogP contribution in [0.4, 0.5) is 26.3 Å². The SMILES string of the molecule is CC#N.CCC(CCc1ccc(C2CC(C(F)(F)F)C2C(F)(F)F)cc1)N(CC)CCc1ccccc1. The molecule has 37 heavy (non-hydrogen) atoms. The molecular weight excluding hydrogens is 490 g/mol. The molecule has 0 spiro atoms. The van der Waals surface area contributed by atoms with Crippen molar-refractivity contribution in [2.75, 3.05) is 13.1 Å². The summed E-state index contributed by atoms with van der Waals surface area (Å²) < 4.78 is 78.9. The normalized spacial score (nSPS) is 20.4. The third-order valence-electron chi connectivity index (χ3n) is 7.27. The minimum atomic E-state index is -4.86. The molecule has 1 aliphatic carbocycles. The second-order valence-electron chi connectivity index (χ2n) is 9.49. The van der Waals surface area contributed by atoms with Crippen LogP contribution in [0.25, 0.3) is 0 Å². The number of halogens is 6. The molecule has 0 N–H and O–H groups in total. The van der Waals surface area contributed by atoms with Crippen molar-refractivity contribution in [2.45, 2.75) is 77.2 Å². The van der Waals surface area contributed by atoms with E-state index >= 15 is 0 Å². The molecule has 1 saturated carbocycles. The van der Waals surface area contributed by atoms with Crippen LogP contribution in [-0.4, -0.2) is 36.4 Å². The molecular formula is C29H36F6N2. The first kappa shape index (κ1) is 30.7. The standard InChI is InChI=1S/C27H33F6N.C2H3N/c1-3-22(34(4-2)17-16-19-8-6-5-7-9-19)15-12-20-10-13-21(14-11-20)23-18-24(26(28,29)30)25(23)27(31,32)33;1-2-3/h5-11,13-14,22-25H,3-4,12,15-18H2,1-2H3;1H3. The predicted octanol–water partition coefficient (Wildman–Crippen LogP) is 8.34. The van der Waals surface area contributed by atoms with Gasteiger partial charge in [0.2, 0.25) is 0 Å². The number of likely N-dealkylation sites (N-methyl/N-ethyl adjacent to an activating group) is 1. The average Bonchev–Trinajstić information content (AvgIpc) is 2.80. The Morgan fingerprint density at radius 2 is 1.46 bits per heavy atom. The highest BCUT2D eigenvalue weighted by Crippen LogP contribution is 2.59. The Morgan fingerprint density at radius 3 is 1.95 bits per heavy atom. The summed E-state index contributed by atoms with van der Waals surface area (Å²) in [5.74, 6) is -5.79. The van der Waals surface area contributed by atoms with Gasteiger partial charge in [0.05, 0.1) is 17.9 Å².